The van der Waals surface area contributed by atoms with Gasteiger partial charge in [0.15, 0.2) is 0 Å². The molecule has 3 N–H and O–H groups in total. The van der Waals surface area contributed by atoms with Crippen LogP contribution in [0.15, 0.2) is 24.3 Å². The molecule has 1 aliphatic carbocycles. The minimum atomic E-state index is -0.0863. The van der Waals surface area contributed by atoms with E-state index in [1.54, 1.807) is 0 Å². The fourth-order valence-corrected chi connectivity index (χ4v) is 2.48. The van der Waals surface area contributed by atoms with E-state index in [0.717, 1.165) is 25.2 Å². The maximum atomic E-state index is 11.9. The van der Waals surface area contributed by atoms with Crippen LogP contribution in [0.2, 0.25) is 0 Å². The Morgan fingerprint density at radius 2 is 2.06 bits per heavy atom. The van der Waals surface area contributed by atoms with Crippen molar-refractivity contribution in [2.24, 2.45) is 0 Å². The molecule has 96 valence electrons. The van der Waals surface area contributed by atoms with Gasteiger partial charge in [-0.1, -0.05) is 18.2 Å². The number of para-hydroxylation sites is 1. The van der Waals surface area contributed by atoms with Gasteiger partial charge in [-0.25, -0.2) is 4.79 Å². The molecule has 2 aliphatic rings. The number of urea groups is 1. The first-order valence-electron chi connectivity index (χ1n) is 6.70. The third kappa shape index (κ3) is 2.64. The molecular weight excluding hydrogens is 226 g/mol. The Kier molecular flexibility index (Phi) is 3.19. The third-order valence-electron chi connectivity index (χ3n) is 3.62. The van der Waals surface area contributed by atoms with E-state index in [1.807, 2.05) is 18.2 Å². The Labute approximate surface area is 107 Å². The number of amides is 2. The largest absolute Gasteiger partial charge is 0.334 e. The topological polar surface area (TPSA) is 53.2 Å². The van der Waals surface area contributed by atoms with E-state index >= 15 is 0 Å². The van der Waals surface area contributed by atoms with Gasteiger partial charge in [-0.15, -0.1) is 0 Å². The van der Waals surface area contributed by atoms with Crippen LogP contribution in [0.4, 0.5) is 10.5 Å². The molecular formula is C14H19N3O. The molecule has 1 saturated carbocycles. The fraction of sp³-hybridized carbons (Fsp3) is 0.500. The number of hydrogen-bond acceptors (Lipinski definition) is 2. The van der Waals surface area contributed by atoms with E-state index in [2.05, 4.69) is 22.0 Å². The average molecular weight is 245 g/mol. The van der Waals surface area contributed by atoms with Crippen LogP contribution in [0.1, 0.15) is 30.7 Å². The SMILES string of the molecule is O=C(Nc1ccccc1C1CC1)N[C@@H]1CCNC1. The molecule has 2 fully saturated rings. The number of hydrogen-bond donors (Lipinski definition) is 3. The summed E-state index contributed by atoms with van der Waals surface area (Å²) in [4.78, 5) is 11.9. The number of rotatable bonds is 3. The molecule has 18 heavy (non-hydrogen) atoms. The predicted molar refractivity (Wildman–Crippen MR) is 71.8 cm³/mol. The van der Waals surface area contributed by atoms with Gasteiger partial charge >= 0.3 is 6.03 Å². The number of carbonyl (C=O) groups excluding carboxylic acids is 1. The van der Waals surface area contributed by atoms with E-state index in [1.165, 1.54) is 18.4 Å². The molecule has 0 radical (unpaired) electrons. The molecule has 1 saturated heterocycles. The maximum absolute atomic E-state index is 11.9. The Hall–Kier alpha value is -1.55. The van der Waals surface area contributed by atoms with Crippen molar-refractivity contribution in [3.63, 3.8) is 0 Å². The van der Waals surface area contributed by atoms with Crippen LogP contribution in [0.5, 0.6) is 0 Å². The predicted octanol–water partition coefficient (Wildman–Crippen LogP) is 2.05. The zero-order valence-electron chi connectivity index (χ0n) is 10.4. The molecule has 0 spiro atoms. The van der Waals surface area contributed by atoms with Gasteiger partial charge in [0, 0.05) is 18.3 Å². The van der Waals surface area contributed by atoms with Crippen LogP contribution in [0, 0.1) is 0 Å². The van der Waals surface area contributed by atoms with Crippen molar-refractivity contribution in [3.05, 3.63) is 29.8 Å². The molecule has 4 heteroatoms. The lowest BCUT2D eigenvalue weighted by Crippen LogP contribution is -2.39. The minimum absolute atomic E-state index is 0.0863. The van der Waals surface area contributed by atoms with Crippen molar-refractivity contribution in [2.75, 3.05) is 18.4 Å². The Bertz CT molecular complexity index is 436. The second-order valence-electron chi connectivity index (χ2n) is 5.15. The van der Waals surface area contributed by atoms with Crippen LogP contribution >= 0.6 is 0 Å². The van der Waals surface area contributed by atoms with Gasteiger partial charge in [-0.3, -0.25) is 0 Å². The van der Waals surface area contributed by atoms with E-state index < -0.39 is 0 Å². The lowest BCUT2D eigenvalue weighted by Gasteiger charge is -2.14. The third-order valence-corrected chi connectivity index (χ3v) is 3.62. The van der Waals surface area contributed by atoms with Gasteiger partial charge < -0.3 is 16.0 Å². The normalized spacial score (nSPS) is 22.8. The summed E-state index contributed by atoms with van der Waals surface area (Å²) >= 11 is 0. The van der Waals surface area contributed by atoms with Crippen LogP contribution in [0.25, 0.3) is 0 Å². The van der Waals surface area contributed by atoms with Gasteiger partial charge in [0.05, 0.1) is 0 Å². The standard InChI is InChI=1S/C14H19N3O/c18-14(16-11-7-8-15-9-11)17-13-4-2-1-3-12(13)10-5-6-10/h1-4,10-11,15H,5-9H2,(H2,16,17,18)/t11-/m1/s1. The zero-order chi connectivity index (χ0) is 12.4. The molecule has 1 aromatic rings. The smallest absolute Gasteiger partial charge is 0.319 e. The second kappa shape index (κ2) is 4.98. The van der Waals surface area contributed by atoms with Crippen LogP contribution in [0.3, 0.4) is 0 Å². The summed E-state index contributed by atoms with van der Waals surface area (Å²) in [6.07, 6.45) is 3.50. The highest BCUT2D eigenvalue weighted by molar-refractivity contribution is 5.90. The van der Waals surface area contributed by atoms with Crippen molar-refractivity contribution >= 4 is 11.7 Å². The van der Waals surface area contributed by atoms with Gasteiger partial charge in [0.1, 0.15) is 0 Å². The molecule has 2 amide bonds. The molecule has 0 bridgehead atoms. The number of nitrogens with one attached hydrogen (secondary N) is 3. The van der Waals surface area contributed by atoms with Gasteiger partial charge in [0.2, 0.25) is 0 Å². The molecule has 4 nitrogen and oxygen atoms in total. The Morgan fingerprint density at radius 3 is 2.78 bits per heavy atom. The zero-order valence-corrected chi connectivity index (χ0v) is 10.4. The van der Waals surface area contributed by atoms with Crippen molar-refractivity contribution in [3.8, 4) is 0 Å². The molecule has 1 heterocycles. The summed E-state index contributed by atoms with van der Waals surface area (Å²) in [5.41, 5.74) is 2.24. The highest BCUT2D eigenvalue weighted by Crippen LogP contribution is 2.43. The summed E-state index contributed by atoms with van der Waals surface area (Å²) in [7, 11) is 0. The lowest BCUT2D eigenvalue weighted by molar-refractivity contribution is 0.249. The highest BCUT2D eigenvalue weighted by atomic mass is 16.2. The van der Waals surface area contributed by atoms with E-state index in [-0.39, 0.29) is 12.1 Å². The number of benzene rings is 1. The van der Waals surface area contributed by atoms with Gasteiger partial charge in [0.25, 0.3) is 0 Å². The minimum Gasteiger partial charge on any atom is -0.334 e. The van der Waals surface area contributed by atoms with Gasteiger partial charge in [-0.05, 0) is 43.4 Å². The average Bonchev–Trinajstić information content (AvgIpc) is 3.09. The molecule has 1 aliphatic heterocycles. The van der Waals surface area contributed by atoms with Gasteiger partial charge in [-0.2, -0.15) is 0 Å². The van der Waals surface area contributed by atoms with Crippen molar-refractivity contribution in [1.29, 1.82) is 0 Å². The van der Waals surface area contributed by atoms with E-state index in [0.29, 0.717) is 5.92 Å². The van der Waals surface area contributed by atoms with Crippen LogP contribution < -0.4 is 16.0 Å². The highest BCUT2D eigenvalue weighted by Gasteiger charge is 2.26. The summed E-state index contributed by atoms with van der Waals surface area (Å²) in [6, 6.07) is 8.29. The first-order chi connectivity index (χ1) is 8.83. The molecule has 1 atom stereocenters. The summed E-state index contributed by atoms with van der Waals surface area (Å²) in [5.74, 6) is 0.648. The molecule has 3 rings (SSSR count). The Morgan fingerprint density at radius 1 is 1.22 bits per heavy atom. The molecule has 0 unspecified atom stereocenters. The van der Waals surface area contributed by atoms with Crippen LogP contribution in [-0.2, 0) is 0 Å². The Balaban J connectivity index is 1.62. The van der Waals surface area contributed by atoms with Crippen LogP contribution in [-0.4, -0.2) is 25.2 Å². The van der Waals surface area contributed by atoms with Crippen molar-refractivity contribution in [2.45, 2.75) is 31.2 Å². The monoisotopic (exact) mass is 245 g/mol. The fourth-order valence-electron chi connectivity index (χ4n) is 2.48. The summed E-state index contributed by atoms with van der Waals surface area (Å²) in [6.45, 7) is 1.86. The second-order valence-corrected chi connectivity index (χ2v) is 5.15. The first-order valence-corrected chi connectivity index (χ1v) is 6.70. The quantitative estimate of drug-likeness (QED) is 0.763. The lowest BCUT2D eigenvalue weighted by atomic mass is 10.1. The number of carbonyl (C=O) groups is 1. The molecule has 0 aromatic heterocycles. The first kappa shape index (κ1) is 11.5. The van der Waals surface area contributed by atoms with Crippen molar-refractivity contribution in [1.82, 2.24) is 10.6 Å². The van der Waals surface area contributed by atoms with Crippen molar-refractivity contribution < 1.29 is 4.79 Å². The van der Waals surface area contributed by atoms with E-state index in [9.17, 15) is 4.79 Å². The maximum Gasteiger partial charge on any atom is 0.319 e. The number of anilines is 1. The summed E-state index contributed by atoms with van der Waals surface area (Å²) in [5, 5.41) is 9.22. The molecule has 1 aromatic carbocycles. The summed E-state index contributed by atoms with van der Waals surface area (Å²) < 4.78 is 0. The van der Waals surface area contributed by atoms with E-state index in [4.69, 9.17) is 0 Å².